The Morgan fingerprint density at radius 3 is 2.68 bits per heavy atom. The SMILES string of the molecule is CCC(CC)COc1ccc(CCC(=O)O)cc1-c1ccc2c(cnn2C)c1. The normalized spacial score (nSPS) is 11.3. The van der Waals surface area contributed by atoms with Crippen molar-refractivity contribution in [3.63, 3.8) is 0 Å². The third-order valence-corrected chi connectivity index (χ3v) is 5.36. The molecule has 1 N–H and O–H groups in total. The predicted octanol–water partition coefficient (Wildman–Crippen LogP) is 5.07. The number of ether oxygens (including phenoxy) is 1. The van der Waals surface area contributed by atoms with Gasteiger partial charge in [0.15, 0.2) is 0 Å². The van der Waals surface area contributed by atoms with Crippen molar-refractivity contribution >= 4 is 16.9 Å². The van der Waals surface area contributed by atoms with Crippen molar-refractivity contribution in [2.24, 2.45) is 13.0 Å². The molecule has 0 amide bonds. The van der Waals surface area contributed by atoms with Crippen LogP contribution in [0.25, 0.3) is 22.0 Å². The second-order valence-electron chi connectivity index (χ2n) is 7.26. The van der Waals surface area contributed by atoms with Gasteiger partial charge in [-0.25, -0.2) is 0 Å². The van der Waals surface area contributed by atoms with E-state index in [-0.39, 0.29) is 6.42 Å². The van der Waals surface area contributed by atoms with E-state index in [9.17, 15) is 4.79 Å². The van der Waals surface area contributed by atoms with E-state index in [2.05, 4.69) is 43.2 Å². The topological polar surface area (TPSA) is 64.3 Å². The van der Waals surface area contributed by atoms with Gasteiger partial charge in [0, 0.05) is 24.4 Å². The molecule has 0 unspecified atom stereocenters. The number of aliphatic carboxylic acids is 1. The summed E-state index contributed by atoms with van der Waals surface area (Å²) in [6, 6.07) is 12.3. The highest BCUT2D eigenvalue weighted by atomic mass is 16.5. The number of carboxylic acid groups (broad SMARTS) is 1. The zero-order valence-electron chi connectivity index (χ0n) is 16.8. The molecule has 0 aliphatic heterocycles. The van der Waals surface area contributed by atoms with Crippen molar-refractivity contribution in [2.75, 3.05) is 6.61 Å². The van der Waals surface area contributed by atoms with Crippen LogP contribution in [0.15, 0.2) is 42.6 Å². The van der Waals surface area contributed by atoms with Crippen LogP contribution in [-0.4, -0.2) is 27.5 Å². The second-order valence-corrected chi connectivity index (χ2v) is 7.26. The van der Waals surface area contributed by atoms with Crippen molar-refractivity contribution in [2.45, 2.75) is 39.5 Å². The molecule has 3 aromatic rings. The third-order valence-electron chi connectivity index (χ3n) is 5.36. The molecule has 0 saturated heterocycles. The Balaban J connectivity index is 1.97. The first-order chi connectivity index (χ1) is 13.5. The number of fused-ring (bicyclic) bond motifs is 1. The van der Waals surface area contributed by atoms with Gasteiger partial charge >= 0.3 is 5.97 Å². The summed E-state index contributed by atoms with van der Waals surface area (Å²) in [6.45, 7) is 5.05. The van der Waals surface area contributed by atoms with E-state index in [1.54, 1.807) is 0 Å². The summed E-state index contributed by atoms with van der Waals surface area (Å²) >= 11 is 0. The Hall–Kier alpha value is -2.82. The summed E-state index contributed by atoms with van der Waals surface area (Å²) < 4.78 is 8.05. The van der Waals surface area contributed by atoms with Gasteiger partial charge in [0.2, 0.25) is 0 Å². The van der Waals surface area contributed by atoms with Gasteiger partial charge < -0.3 is 9.84 Å². The molecule has 28 heavy (non-hydrogen) atoms. The molecule has 0 bridgehead atoms. The average molecular weight is 380 g/mol. The lowest BCUT2D eigenvalue weighted by Crippen LogP contribution is -2.10. The Kier molecular flexibility index (Phi) is 6.34. The minimum absolute atomic E-state index is 0.120. The van der Waals surface area contributed by atoms with E-state index in [4.69, 9.17) is 9.84 Å². The fraction of sp³-hybridized carbons (Fsp3) is 0.391. The van der Waals surface area contributed by atoms with Gasteiger partial charge in [0.05, 0.1) is 18.3 Å². The molecule has 0 saturated carbocycles. The minimum Gasteiger partial charge on any atom is -0.493 e. The van der Waals surface area contributed by atoms with Crippen LogP contribution in [0.5, 0.6) is 5.75 Å². The molecule has 0 atom stereocenters. The molecule has 0 aliphatic carbocycles. The number of rotatable bonds is 9. The van der Waals surface area contributed by atoms with Crippen LogP contribution in [0.4, 0.5) is 0 Å². The summed E-state index contributed by atoms with van der Waals surface area (Å²) in [5.41, 5.74) is 4.13. The largest absolute Gasteiger partial charge is 0.493 e. The summed E-state index contributed by atoms with van der Waals surface area (Å²) in [4.78, 5) is 11.0. The first kappa shape index (κ1) is 19.9. The number of nitrogens with zero attached hydrogens (tertiary/aromatic N) is 2. The van der Waals surface area contributed by atoms with Crippen LogP contribution in [-0.2, 0) is 18.3 Å². The number of hydrogen-bond donors (Lipinski definition) is 1. The Morgan fingerprint density at radius 2 is 1.96 bits per heavy atom. The van der Waals surface area contributed by atoms with Crippen LogP contribution in [0.3, 0.4) is 0 Å². The lowest BCUT2D eigenvalue weighted by molar-refractivity contribution is -0.136. The molecule has 5 nitrogen and oxygen atoms in total. The molecule has 148 valence electrons. The van der Waals surface area contributed by atoms with E-state index in [0.717, 1.165) is 46.2 Å². The number of hydrogen-bond acceptors (Lipinski definition) is 3. The number of carbonyl (C=O) groups is 1. The molecule has 0 radical (unpaired) electrons. The highest BCUT2D eigenvalue weighted by Crippen LogP contribution is 2.34. The fourth-order valence-electron chi connectivity index (χ4n) is 3.40. The summed E-state index contributed by atoms with van der Waals surface area (Å²) in [6.07, 6.45) is 4.66. The van der Waals surface area contributed by atoms with Gasteiger partial charge in [-0.05, 0) is 47.7 Å². The molecule has 2 aromatic carbocycles. The monoisotopic (exact) mass is 380 g/mol. The number of aryl methyl sites for hydroxylation is 2. The Morgan fingerprint density at radius 1 is 1.18 bits per heavy atom. The van der Waals surface area contributed by atoms with E-state index in [1.807, 2.05) is 30.1 Å². The molecule has 0 aliphatic rings. The van der Waals surface area contributed by atoms with Crippen LogP contribution in [0, 0.1) is 5.92 Å². The van der Waals surface area contributed by atoms with Crippen molar-refractivity contribution in [3.05, 3.63) is 48.2 Å². The van der Waals surface area contributed by atoms with Crippen molar-refractivity contribution in [1.29, 1.82) is 0 Å². The highest BCUT2D eigenvalue weighted by molar-refractivity contribution is 5.86. The number of aromatic nitrogens is 2. The minimum atomic E-state index is -0.785. The Bertz CT molecular complexity index is 958. The second kappa shape index (κ2) is 8.91. The molecule has 5 heteroatoms. The van der Waals surface area contributed by atoms with E-state index in [1.165, 1.54) is 0 Å². The Labute approximate surface area is 165 Å². The third kappa shape index (κ3) is 4.53. The van der Waals surface area contributed by atoms with Gasteiger partial charge in [-0.1, -0.05) is 38.8 Å². The molecule has 3 rings (SSSR count). The van der Waals surface area contributed by atoms with Crippen LogP contribution in [0.2, 0.25) is 0 Å². The lowest BCUT2D eigenvalue weighted by atomic mass is 9.98. The maximum atomic E-state index is 11.0. The molecule has 0 fully saturated rings. The molecule has 0 spiro atoms. The van der Waals surface area contributed by atoms with E-state index < -0.39 is 5.97 Å². The van der Waals surface area contributed by atoms with Crippen molar-refractivity contribution in [3.8, 4) is 16.9 Å². The quantitative estimate of drug-likeness (QED) is 0.563. The summed E-state index contributed by atoms with van der Waals surface area (Å²) in [5, 5.41) is 14.4. The maximum Gasteiger partial charge on any atom is 0.303 e. The van der Waals surface area contributed by atoms with Gasteiger partial charge in [-0.2, -0.15) is 5.10 Å². The van der Waals surface area contributed by atoms with E-state index >= 15 is 0 Å². The summed E-state index contributed by atoms with van der Waals surface area (Å²) in [5.74, 6) is 0.585. The number of carboxylic acids is 1. The van der Waals surface area contributed by atoms with E-state index in [0.29, 0.717) is 18.9 Å². The molecule has 1 heterocycles. The zero-order chi connectivity index (χ0) is 20.1. The first-order valence-corrected chi connectivity index (χ1v) is 9.91. The molecular weight excluding hydrogens is 352 g/mol. The van der Waals surface area contributed by atoms with Crippen LogP contribution < -0.4 is 4.74 Å². The molecule has 1 aromatic heterocycles. The zero-order valence-corrected chi connectivity index (χ0v) is 16.8. The van der Waals surface area contributed by atoms with Crippen LogP contribution in [0.1, 0.15) is 38.7 Å². The summed E-state index contributed by atoms with van der Waals surface area (Å²) in [7, 11) is 1.93. The highest BCUT2D eigenvalue weighted by Gasteiger charge is 2.13. The predicted molar refractivity (Wildman–Crippen MR) is 112 cm³/mol. The number of benzene rings is 2. The fourth-order valence-corrected chi connectivity index (χ4v) is 3.40. The smallest absolute Gasteiger partial charge is 0.303 e. The van der Waals surface area contributed by atoms with Crippen molar-refractivity contribution < 1.29 is 14.6 Å². The van der Waals surface area contributed by atoms with Crippen molar-refractivity contribution in [1.82, 2.24) is 9.78 Å². The van der Waals surface area contributed by atoms with Gasteiger partial charge in [-0.15, -0.1) is 0 Å². The van der Waals surface area contributed by atoms with Gasteiger partial charge in [0.1, 0.15) is 5.75 Å². The molecular formula is C23H28N2O3. The maximum absolute atomic E-state index is 11.0. The standard InChI is InChI=1S/C23H28N2O3/c1-4-16(5-2)15-28-22-10-6-17(7-11-23(26)27)12-20(22)18-8-9-21-19(13-18)14-24-25(21)3/h6,8-10,12-14,16H,4-5,7,11,15H2,1-3H3,(H,26,27). The lowest BCUT2D eigenvalue weighted by Gasteiger charge is -2.17. The van der Waals surface area contributed by atoms with Crippen LogP contribution >= 0.6 is 0 Å². The van der Waals surface area contributed by atoms with Gasteiger partial charge in [0.25, 0.3) is 0 Å². The first-order valence-electron chi connectivity index (χ1n) is 9.91. The average Bonchev–Trinajstić information content (AvgIpc) is 3.08. The van der Waals surface area contributed by atoms with Gasteiger partial charge in [-0.3, -0.25) is 9.48 Å².